The van der Waals surface area contributed by atoms with Crippen LogP contribution in [-0.2, 0) is 4.84 Å². The molecule has 1 saturated carbocycles. The lowest BCUT2D eigenvalue weighted by atomic mass is 9.65. The van der Waals surface area contributed by atoms with Gasteiger partial charge < -0.3 is 9.57 Å². The summed E-state index contributed by atoms with van der Waals surface area (Å²) in [6, 6.07) is 14.9. The summed E-state index contributed by atoms with van der Waals surface area (Å²) in [5.74, 6) is 0.337. The Hall–Kier alpha value is -2.95. The number of ether oxygens (including phenoxy) is 1. The van der Waals surface area contributed by atoms with Gasteiger partial charge in [0.15, 0.2) is 11.4 Å². The third-order valence-electron chi connectivity index (χ3n) is 6.54. The second-order valence-electron chi connectivity index (χ2n) is 8.25. The predicted octanol–water partition coefficient (Wildman–Crippen LogP) is 4.73. The highest BCUT2D eigenvalue weighted by molar-refractivity contribution is 6.13. The molecule has 0 radical (unpaired) electrons. The van der Waals surface area contributed by atoms with Crippen molar-refractivity contribution in [3.05, 3.63) is 65.2 Å². The fourth-order valence-corrected chi connectivity index (χ4v) is 4.95. The van der Waals surface area contributed by atoms with Gasteiger partial charge in [0.05, 0.1) is 11.3 Å². The van der Waals surface area contributed by atoms with Crippen molar-refractivity contribution in [2.75, 3.05) is 0 Å². The zero-order chi connectivity index (χ0) is 20.1. The first-order chi connectivity index (χ1) is 14.0. The molecule has 3 aliphatic rings. The fourth-order valence-electron chi connectivity index (χ4n) is 4.95. The van der Waals surface area contributed by atoms with Crippen LogP contribution < -0.4 is 4.74 Å². The van der Waals surface area contributed by atoms with Crippen LogP contribution in [0, 0.1) is 0 Å². The zero-order valence-electron chi connectivity index (χ0n) is 16.4. The van der Waals surface area contributed by atoms with Crippen LogP contribution in [0.25, 0.3) is 0 Å². The molecular weight excluding hydrogens is 366 g/mol. The van der Waals surface area contributed by atoms with E-state index >= 15 is 0 Å². The van der Waals surface area contributed by atoms with Crippen LogP contribution in [0.15, 0.2) is 53.7 Å². The standard InChI is InChI=1S/C24H23NO4/c1-16(26)18-10-11-21-19(14-18)22(27)24(23(28-21)12-6-3-7-13-23)15-20(25-29-24)17-8-4-2-5-9-17/h2,4-5,8-11,14H,3,6-7,12-13,15H2,1H3. The Morgan fingerprint density at radius 3 is 2.52 bits per heavy atom. The van der Waals surface area contributed by atoms with E-state index in [-0.39, 0.29) is 11.6 Å². The summed E-state index contributed by atoms with van der Waals surface area (Å²) in [4.78, 5) is 31.8. The van der Waals surface area contributed by atoms with Crippen LogP contribution in [-0.4, -0.2) is 28.5 Å². The molecule has 0 aromatic heterocycles. The molecule has 0 N–H and O–H groups in total. The molecule has 5 heteroatoms. The van der Waals surface area contributed by atoms with E-state index in [0.29, 0.717) is 23.3 Å². The van der Waals surface area contributed by atoms with Crippen LogP contribution in [0.5, 0.6) is 5.75 Å². The average molecular weight is 389 g/mol. The topological polar surface area (TPSA) is 65.0 Å². The Morgan fingerprint density at radius 2 is 1.79 bits per heavy atom. The van der Waals surface area contributed by atoms with E-state index < -0.39 is 11.2 Å². The van der Waals surface area contributed by atoms with E-state index in [1.807, 2.05) is 30.3 Å². The molecule has 5 nitrogen and oxygen atoms in total. The van der Waals surface area contributed by atoms with Crippen molar-refractivity contribution in [1.82, 2.24) is 0 Å². The van der Waals surface area contributed by atoms with Gasteiger partial charge in [0.25, 0.3) is 0 Å². The number of benzene rings is 2. The van der Waals surface area contributed by atoms with Crippen molar-refractivity contribution < 1.29 is 19.2 Å². The number of Topliss-reactive ketones (excluding diaryl/α,β-unsaturated/α-hetero) is 2. The van der Waals surface area contributed by atoms with Gasteiger partial charge in [-0.1, -0.05) is 41.9 Å². The molecule has 0 saturated heterocycles. The SMILES string of the molecule is CC(=O)c1ccc2c(c1)C(=O)C1(CC(c3ccccc3)=NO1)C1(CCCCC1)O2. The van der Waals surface area contributed by atoms with Crippen LogP contribution in [0.1, 0.15) is 71.7 Å². The van der Waals surface area contributed by atoms with E-state index in [4.69, 9.17) is 9.57 Å². The number of hydrogen-bond donors (Lipinski definition) is 0. The number of hydrogen-bond acceptors (Lipinski definition) is 5. The van der Waals surface area contributed by atoms with E-state index in [0.717, 1.165) is 43.4 Å². The number of ketones is 2. The molecule has 0 bridgehead atoms. The first-order valence-electron chi connectivity index (χ1n) is 10.2. The quantitative estimate of drug-likeness (QED) is 0.697. The average Bonchev–Trinajstić information content (AvgIpc) is 3.21. The molecule has 1 aliphatic carbocycles. The van der Waals surface area contributed by atoms with Gasteiger partial charge in [0.2, 0.25) is 11.4 Å². The van der Waals surface area contributed by atoms with Crippen LogP contribution in [0.4, 0.5) is 0 Å². The molecule has 2 aromatic carbocycles. The van der Waals surface area contributed by atoms with Gasteiger partial charge in [-0.3, -0.25) is 9.59 Å². The summed E-state index contributed by atoms with van der Waals surface area (Å²) in [6.45, 7) is 1.50. The monoisotopic (exact) mass is 389 g/mol. The molecule has 148 valence electrons. The van der Waals surface area contributed by atoms with Crippen LogP contribution >= 0.6 is 0 Å². The van der Waals surface area contributed by atoms with Crippen LogP contribution in [0.3, 0.4) is 0 Å². The maximum Gasteiger partial charge on any atom is 0.244 e. The van der Waals surface area contributed by atoms with Gasteiger partial charge in [-0.2, -0.15) is 0 Å². The first-order valence-corrected chi connectivity index (χ1v) is 10.2. The van der Waals surface area contributed by atoms with Crippen molar-refractivity contribution in [3.63, 3.8) is 0 Å². The number of carbonyl (C=O) groups excluding carboxylic acids is 2. The normalized spacial score (nSPS) is 24.6. The van der Waals surface area contributed by atoms with Gasteiger partial charge >= 0.3 is 0 Å². The second kappa shape index (κ2) is 6.55. The molecule has 1 unspecified atom stereocenters. The fraction of sp³-hybridized carbons (Fsp3) is 0.375. The minimum Gasteiger partial charge on any atom is -0.482 e. The van der Waals surface area contributed by atoms with Crippen molar-refractivity contribution in [2.45, 2.75) is 56.7 Å². The third-order valence-corrected chi connectivity index (χ3v) is 6.54. The Labute approximate surface area is 169 Å². The number of fused-ring (bicyclic) bond motifs is 2. The highest BCUT2D eigenvalue weighted by Crippen LogP contribution is 2.52. The van der Waals surface area contributed by atoms with E-state index in [1.54, 1.807) is 18.2 Å². The van der Waals surface area contributed by atoms with E-state index in [2.05, 4.69) is 5.16 Å². The summed E-state index contributed by atoms with van der Waals surface area (Å²) < 4.78 is 6.56. The second-order valence-corrected chi connectivity index (χ2v) is 8.25. The molecule has 1 atom stereocenters. The molecule has 2 aromatic rings. The summed E-state index contributed by atoms with van der Waals surface area (Å²) >= 11 is 0. The largest absolute Gasteiger partial charge is 0.482 e. The smallest absolute Gasteiger partial charge is 0.244 e. The van der Waals surface area contributed by atoms with Gasteiger partial charge in [0.1, 0.15) is 5.75 Å². The number of rotatable bonds is 2. The maximum absolute atomic E-state index is 13.9. The van der Waals surface area contributed by atoms with Gasteiger partial charge in [-0.25, -0.2) is 0 Å². The summed E-state index contributed by atoms with van der Waals surface area (Å²) in [7, 11) is 0. The van der Waals surface area contributed by atoms with Gasteiger partial charge in [-0.15, -0.1) is 0 Å². The number of carbonyl (C=O) groups is 2. The molecule has 5 rings (SSSR count). The molecule has 2 spiro atoms. The first kappa shape index (κ1) is 18.1. The number of oxime groups is 1. The lowest BCUT2D eigenvalue weighted by molar-refractivity contribution is -0.150. The van der Waals surface area contributed by atoms with Gasteiger partial charge in [0, 0.05) is 12.0 Å². The Bertz CT molecular complexity index is 1020. The molecule has 2 heterocycles. The minimum absolute atomic E-state index is 0.0823. The molecule has 1 fully saturated rings. The lowest BCUT2D eigenvalue weighted by Crippen LogP contribution is -2.65. The Morgan fingerprint density at radius 1 is 1.03 bits per heavy atom. The molecular formula is C24H23NO4. The lowest BCUT2D eigenvalue weighted by Gasteiger charge is -2.50. The Balaban J connectivity index is 1.61. The maximum atomic E-state index is 13.9. The molecule has 29 heavy (non-hydrogen) atoms. The van der Waals surface area contributed by atoms with Gasteiger partial charge in [-0.05, 0) is 56.4 Å². The molecule has 0 amide bonds. The summed E-state index contributed by atoms with van der Waals surface area (Å²) in [6.07, 6.45) is 4.98. The van der Waals surface area contributed by atoms with Crippen molar-refractivity contribution in [3.8, 4) is 5.75 Å². The Kier molecular flexibility index (Phi) is 4.09. The zero-order valence-corrected chi connectivity index (χ0v) is 16.4. The number of nitrogens with zero attached hydrogens (tertiary/aromatic N) is 1. The summed E-state index contributed by atoms with van der Waals surface area (Å²) in [5, 5.41) is 4.36. The van der Waals surface area contributed by atoms with Crippen LogP contribution in [0.2, 0.25) is 0 Å². The highest BCUT2D eigenvalue weighted by atomic mass is 16.7. The predicted molar refractivity (Wildman–Crippen MR) is 109 cm³/mol. The minimum atomic E-state index is -1.18. The summed E-state index contributed by atoms with van der Waals surface area (Å²) in [5.41, 5.74) is 0.717. The van der Waals surface area contributed by atoms with Crippen molar-refractivity contribution in [2.24, 2.45) is 5.16 Å². The van der Waals surface area contributed by atoms with E-state index in [1.165, 1.54) is 6.92 Å². The van der Waals surface area contributed by atoms with Crippen molar-refractivity contribution in [1.29, 1.82) is 0 Å². The van der Waals surface area contributed by atoms with E-state index in [9.17, 15) is 9.59 Å². The highest BCUT2D eigenvalue weighted by Gasteiger charge is 2.66. The van der Waals surface area contributed by atoms with Crippen molar-refractivity contribution >= 4 is 17.3 Å². The third kappa shape index (κ3) is 2.64. The molecule has 2 aliphatic heterocycles.